The highest BCUT2D eigenvalue weighted by atomic mass is 16.5. The van der Waals surface area contributed by atoms with Crippen molar-refractivity contribution in [1.82, 2.24) is 14.7 Å². The summed E-state index contributed by atoms with van der Waals surface area (Å²) in [5, 5.41) is 26.0. The van der Waals surface area contributed by atoms with Gasteiger partial charge in [-0.05, 0) is 65.6 Å². The van der Waals surface area contributed by atoms with Crippen LogP contribution in [0.5, 0.6) is 5.75 Å². The second kappa shape index (κ2) is 12.9. The van der Waals surface area contributed by atoms with E-state index in [-0.39, 0.29) is 37.1 Å². The van der Waals surface area contributed by atoms with Crippen molar-refractivity contribution >= 4 is 28.4 Å². The van der Waals surface area contributed by atoms with Crippen LogP contribution < -0.4 is 15.2 Å². The van der Waals surface area contributed by atoms with Crippen molar-refractivity contribution < 1.29 is 24.5 Å². The highest BCUT2D eigenvalue weighted by molar-refractivity contribution is 6.07. The second-order valence-corrected chi connectivity index (χ2v) is 12.8. The number of hydrogen-bond acceptors (Lipinski definition) is 6. The van der Waals surface area contributed by atoms with Gasteiger partial charge in [-0.25, -0.2) is 4.68 Å². The molecule has 0 bridgehead atoms. The molecule has 0 aliphatic carbocycles. The molecule has 250 valence electrons. The van der Waals surface area contributed by atoms with Gasteiger partial charge in [-0.3, -0.25) is 19.5 Å². The van der Waals surface area contributed by atoms with Crippen molar-refractivity contribution in [1.29, 1.82) is 0 Å². The van der Waals surface area contributed by atoms with E-state index in [0.717, 1.165) is 22.2 Å². The summed E-state index contributed by atoms with van der Waals surface area (Å²) in [6.45, 7) is 2.19. The molecule has 0 spiro atoms. The van der Waals surface area contributed by atoms with Crippen LogP contribution >= 0.6 is 0 Å². The molecular weight excluding hydrogens is 620 g/mol. The third-order valence-electron chi connectivity index (χ3n) is 9.84. The molecular formula is C39H38N4O6. The molecule has 2 amide bonds. The molecule has 0 saturated heterocycles. The number of aromatic amines is 1. The Bertz CT molecular complexity index is 2150. The average Bonchev–Trinajstić information content (AvgIpc) is 3.58. The van der Waals surface area contributed by atoms with Crippen LogP contribution in [0.4, 0.5) is 5.69 Å². The van der Waals surface area contributed by atoms with Gasteiger partial charge in [0, 0.05) is 24.4 Å². The van der Waals surface area contributed by atoms with E-state index in [1.165, 1.54) is 11.8 Å². The minimum atomic E-state index is -1.92. The van der Waals surface area contributed by atoms with E-state index < -0.39 is 17.4 Å². The van der Waals surface area contributed by atoms with Crippen LogP contribution in [0.25, 0.3) is 16.6 Å². The highest BCUT2D eigenvalue weighted by Crippen LogP contribution is 2.47. The van der Waals surface area contributed by atoms with Gasteiger partial charge in [0.1, 0.15) is 5.75 Å². The average molecular weight is 659 g/mol. The molecule has 3 atom stereocenters. The summed E-state index contributed by atoms with van der Waals surface area (Å²) >= 11 is 0. The number of methoxy groups -OCH3 is 1. The van der Waals surface area contributed by atoms with Crippen LogP contribution in [0.2, 0.25) is 0 Å². The molecule has 0 radical (unpaired) electrons. The van der Waals surface area contributed by atoms with Gasteiger partial charge in [0.2, 0.25) is 5.91 Å². The second-order valence-electron chi connectivity index (χ2n) is 12.8. The lowest BCUT2D eigenvalue weighted by molar-refractivity contribution is -0.139. The van der Waals surface area contributed by atoms with Crippen LogP contribution in [0.15, 0.2) is 108 Å². The number of amides is 2. The normalized spacial score (nSPS) is 19.3. The zero-order valence-corrected chi connectivity index (χ0v) is 27.4. The number of ether oxygens (including phenoxy) is 1. The van der Waals surface area contributed by atoms with E-state index >= 15 is 0 Å². The summed E-state index contributed by atoms with van der Waals surface area (Å²) in [6, 6.07) is 27.5. The van der Waals surface area contributed by atoms with E-state index in [2.05, 4.69) is 5.10 Å². The van der Waals surface area contributed by atoms with E-state index in [9.17, 15) is 24.6 Å². The number of carbonyl (C=O) groups excluding carboxylic acids is 2. The maximum Gasteiger partial charge on any atom is 0.279 e. The Kier molecular flexibility index (Phi) is 8.43. The van der Waals surface area contributed by atoms with Crippen molar-refractivity contribution in [3.05, 3.63) is 136 Å². The Hall–Kier alpha value is -5.45. The smallest absolute Gasteiger partial charge is 0.279 e. The molecule has 10 nitrogen and oxygen atoms in total. The van der Waals surface area contributed by atoms with Gasteiger partial charge in [-0.15, -0.1) is 0 Å². The highest BCUT2D eigenvalue weighted by Gasteiger charge is 2.52. The monoisotopic (exact) mass is 658 g/mol. The standard InChI is InChI=1S/C39H38N4O6/c1-25(9-7-16-36(45)41-23-28-12-4-3-11-27(28)20-30(41)24-44)39(48)33-21-31(49-2)17-18-35(33)42(38(39)47)22-26-10-8-13-29(19-26)43-37(46)32-14-5-6-15-34(32)40-43/h3-15,17-19,21,25,30,40,44,48H,16,20,22-24H2,1-2H3/b9-7+/t25-,30-,39+/m0/s1. The summed E-state index contributed by atoms with van der Waals surface area (Å²) in [6.07, 6.45) is 4.04. The number of para-hydroxylation sites is 1. The predicted octanol–water partition coefficient (Wildman–Crippen LogP) is 4.59. The molecule has 2 aliphatic rings. The number of anilines is 1. The molecule has 4 aromatic carbocycles. The van der Waals surface area contributed by atoms with Crippen molar-refractivity contribution in [3.8, 4) is 11.4 Å². The molecule has 3 N–H and O–H groups in total. The fourth-order valence-corrected chi connectivity index (χ4v) is 7.10. The van der Waals surface area contributed by atoms with Crippen molar-refractivity contribution in [2.45, 2.75) is 44.5 Å². The number of hydrogen-bond donors (Lipinski definition) is 3. The minimum absolute atomic E-state index is 0.0574. The van der Waals surface area contributed by atoms with Gasteiger partial charge in [-0.1, -0.05) is 67.6 Å². The molecule has 0 saturated carbocycles. The maximum atomic E-state index is 14.2. The van der Waals surface area contributed by atoms with E-state index in [1.54, 1.807) is 53.1 Å². The largest absolute Gasteiger partial charge is 0.497 e. The zero-order valence-electron chi connectivity index (χ0n) is 27.4. The topological polar surface area (TPSA) is 128 Å². The summed E-state index contributed by atoms with van der Waals surface area (Å²) in [4.78, 5) is 43.9. The minimum Gasteiger partial charge on any atom is -0.497 e. The maximum absolute atomic E-state index is 14.2. The Morgan fingerprint density at radius 3 is 2.57 bits per heavy atom. The number of rotatable bonds is 9. The number of nitrogens with zero attached hydrogens (tertiary/aromatic N) is 3. The Morgan fingerprint density at radius 2 is 1.80 bits per heavy atom. The third kappa shape index (κ3) is 5.62. The summed E-state index contributed by atoms with van der Waals surface area (Å²) in [5.74, 6) is -0.839. The SMILES string of the molecule is COc1ccc2c(c1)[C@](O)([C@@H](C)/C=C/CC(=O)N1Cc3ccccc3C[C@H]1CO)C(=O)N2Cc1cccc(-n2[nH]c3ccccc3c2=O)c1. The Labute approximate surface area is 283 Å². The fraction of sp³-hybridized carbons (Fsp3) is 0.256. The van der Waals surface area contributed by atoms with Crippen LogP contribution in [0, 0.1) is 5.92 Å². The lowest BCUT2D eigenvalue weighted by Gasteiger charge is -2.36. The lowest BCUT2D eigenvalue weighted by Crippen LogP contribution is -2.46. The van der Waals surface area contributed by atoms with Gasteiger partial charge >= 0.3 is 0 Å². The molecule has 0 fully saturated rings. The number of aromatic nitrogens is 2. The molecule has 49 heavy (non-hydrogen) atoms. The van der Waals surface area contributed by atoms with Gasteiger partial charge < -0.3 is 24.7 Å². The number of aliphatic hydroxyl groups excluding tert-OH is 1. The van der Waals surface area contributed by atoms with Crippen LogP contribution in [0.1, 0.15) is 35.6 Å². The summed E-state index contributed by atoms with van der Waals surface area (Å²) in [5.41, 5.74) is 3.17. The number of benzene rings is 4. The Morgan fingerprint density at radius 1 is 1.02 bits per heavy atom. The first-order valence-electron chi connectivity index (χ1n) is 16.4. The zero-order chi connectivity index (χ0) is 34.3. The van der Waals surface area contributed by atoms with Gasteiger partial charge in [-0.2, -0.15) is 0 Å². The molecule has 0 unspecified atom stereocenters. The number of aliphatic hydroxyl groups is 2. The van der Waals surface area contributed by atoms with Crippen LogP contribution in [-0.4, -0.2) is 56.5 Å². The van der Waals surface area contributed by atoms with Crippen molar-refractivity contribution in [2.24, 2.45) is 5.92 Å². The molecule has 1 aromatic heterocycles. The fourth-order valence-electron chi connectivity index (χ4n) is 7.10. The van der Waals surface area contributed by atoms with Crippen LogP contribution in [0.3, 0.4) is 0 Å². The number of fused-ring (bicyclic) bond motifs is 3. The quantitative estimate of drug-likeness (QED) is 0.199. The van der Waals surface area contributed by atoms with Gasteiger partial charge in [0.05, 0.1) is 48.6 Å². The first-order valence-corrected chi connectivity index (χ1v) is 16.4. The molecule has 7 rings (SSSR count). The summed E-state index contributed by atoms with van der Waals surface area (Å²) < 4.78 is 6.94. The van der Waals surface area contributed by atoms with Crippen molar-refractivity contribution in [2.75, 3.05) is 18.6 Å². The predicted molar refractivity (Wildman–Crippen MR) is 186 cm³/mol. The van der Waals surface area contributed by atoms with Crippen LogP contribution in [-0.2, 0) is 34.7 Å². The van der Waals surface area contributed by atoms with Crippen molar-refractivity contribution in [3.63, 3.8) is 0 Å². The van der Waals surface area contributed by atoms with E-state index in [4.69, 9.17) is 4.74 Å². The molecule has 10 heteroatoms. The number of nitrogens with one attached hydrogen (secondary N) is 1. The van der Waals surface area contributed by atoms with Gasteiger partial charge in [0.25, 0.3) is 11.5 Å². The van der Waals surface area contributed by atoms with Gasteiger partial charge in [0.15, 0.2) is 5.60 Å². The third-order valence-corrected chi connectivity index (χ3v) is 9.84. The molecule has 5 aromatic rings. The number of H-pyrrole nitrogens is 1. The van der Waals surface area contributed by atoms with E-state index in [0.29, 0.717) is 41.0 Å². The molecule has 2 aliphatic heterocycles. The Balaban J connectivity index is 1.13. The lowest BCUT2D eigenvalue weighted by atomic mass is 9.82. The molecule has 3 heterocycles. The summed E-state index contributed by atoms with van der Waals surface area (Å²) in [7, 11) is 1.53. The first kappa shape index (κ1) is 32.1. The number of carbonyl (C=O) groups is 2. The van der Waals surface area contributed by atoms with E-state index in [1.807, 2.05) is 66.7 Å². The first-order chi connectivity index (χ1) is 23.7.